The molecule has 1 saturated carbocycles. The molecule has 1 rings (SSSR count). The van der Waals surface area contributed by atoms with E-state index < -0.39 is 11.5 Å². The van der Waals surface area contributed by atoms with E-state index >= 15 is 0 Å². The van der Waals surface area contributed by atoms with Crippen LogP contribution in [0.15, 0.2) is 0 Å². The fourth-order valence-corrected chi connectivity index (χ4v) is 1.96. The first kappa shape index (κ1) is 12.0. The molecule has 0 radical (unpaired) electrons. The van der Waals surface area contributed by atoms with Crippen LogP contribution in [-0.4, -0.2) is 41.5 Å². The van der Waals surface area contributed by atoms with Crippen LogP contribution < -0.4 is 5.73 Å². The monoisotopic (exact) mass is 214 g/mol. The molecule has 0 aliphatic heterocycles. The number of carbonyl (C=O) groups excluding carboxylic acids is 1. The van der Waals surface area contributed by atoms with Gasteiger partial charge < -0.3 is 15.7 Å². The Morgan fingerprint density at radius 2 is 1.80 bits per heavy atom. The van der Waals surface area contributed by atoms with Crippen molar-refractivity contribution in [2.45, 2.75) is 31.2 Å². The third-order valence-electron chi connectivity index (χ3n) is 3.09. The number of nitrogens with two attached hydrogens (primary N) is 1. The summed E-state index contributed by atoms with van der Waals surface area (Å²) in [7, 11) is 3.42. The summed E-state index contributed by atoms with van der Waals surface area (Å²) < 4.78 is 0. The van der Waals surface area contributed by atoms with Crippen molar-refractivity contribution < 1.29 is 14.7 Å². The predicted octanol–water partition coefficient (Wildman–Crippen LogP) is 0.0469. The van der Waals surface area contributed by atoms with Crippen LogP contribution >= 0.6 is 0 Å². The molecule has 5 nitrogen and oxygen atoms in total. The molecule has 1 aliphatic rings. The van der Waals surface area contributed by atoms with Crippen molar-refractivity contribution in [2.24, 2.45) is 11.7 Å². The molecule has 15 heavy (non-hydrogen) atoms. The van der Waals surface area contributed by atoms with E-state index in [1.165, 1.54) is 0 Å². The number of carboxylic acid groups (broad SMARTS) is 1. The average molecular weight is 214 g/mol. The molecule has 1 amide bonds. The summed E-state index contributed by atoms with van der Waals surface area (Å²) in [4.78, 5) is 24.0. The van der Waals surface area contributed by atoms with Crippen LogP contribution in [0.25, 0.3) is 0 Å². The highest BCUT2D eigenvalue weighted by atomic mass is 16.4. The van der Waals surface area contributed by atoms with E-state index in [0.717, 1.165) is 0 Å². The highest BCUT2D eigenvalue weighted by Gasteiger charge is 2.40. The molecule has 0 bridgehead atoms. The lowest BCUT2D eigenvalue weighted by atomic mass is 9.76. The Kier molecular flexibility index (Phi) is 3.34. The fourth-order valence-electron chi connectivity index (χ4n) is 1.96. The first-order chi connectivity index (χ1) is 6.87. The number of aliphatic carboxylic acids is 1. The van der Waals surface area contributed by atoms with Gasteiger partial charge in [-0.25, -0.2) is 0 Å². The zero-order chi connectivity index (χ0) is 11.6. The quantitative estimate of drug-likeness (QED) is 0.680. The van der Waals surface area contributed by atoms with E-state index in [-0.39, 0.29) is 11.8 Å². The second-order valence-electron chi connectivity index (χ2n) is 4.47. The van der Waals surface area contributed by atoms with Gasteiger partial charge in [-0.15, -0.1) is 0 Å². The van der Waals surface area contributed by atoms with E-state index in [0.29, 0.717) is 25.7 Å². The Bertz CT molecular complexity index is 268. The van der Waals surface area contributed by atoms with Crippen molar-refractivity contribution in [3.8, 4) is 0 Å². The maximum Gasteiger partial charge on any atom is 0.323 e. The number of carbonyl (C=O) groups is 2. The van der Waals surface area contributed by atoms with Crippen LogP contribution in [0.3, 0.4) is 0 Å². The highest BCUT2D eigenvalue weighted by molar-refractivity contribution is 5.81. The SMILES string of the molecule is CN(C)C(=O)C1CCC(N)(C(=O)O)CC1. The Morgan fingerprint density at radius 3 is 2.13 bits per heavy atom. The molecule has 0 aromatic carbocycles. The topological polar surface area (TPSA) is 83.6 Å². The van der Waals surface area contributed by atoms with E-state index in [1.54, 1.807) is 19.0 Å². The highest BCUT2D eigenvalue weighted by Crippen LogP contribution is 2.31. The van der Waals surface area contributed by atoms with Gasteiger partial charge in [0.05, 0.1) is 0 Å². The van der Waals surface area contributed by atoms with Crippen molar-refractivity contribution in [1.29, 1.82) is 0 Å². The van der Waals surface area contributed by atoms with Crippen LogP contribution in [0.5, 0.6) is 0 Å². The second-order valence-corrected chi connectivity index (χ2v) is 4.47. The van der Waals surface area contributed by atoms with Crippen LogP contribution in [-0.2, 0) is 9.59 Å². The Morgan fingerprint density at radius 1 is 1.33 bits per heavy atom. The lowest BCUT2D eigenvalue weighted by molar-refractivity contribution is -0.146. The van der Waals surface area contributed by atoms with Crippen molar-refractivity contribution in [2.75, 3.05) is 14.1 Å². The minimum Gasteiger partial charge on any atom is -0.480 e. The maximum atomic E-state index is 11.6. The molecule has 0 unspecified atom stereocenters. The molecular weight excluding hydrogens is 196 g/mol. The number of amides is 1. The van der Waals surface area contributed by atoms with Gasteiger partial charge in [0.15, 0.2) is 0 Å². The number of rotatable bonds is 2. The van der Waals surface area contributed by atoms with Gasteiger partial charge in [0.2, 0.25) is 5.91 Å². The Hall–Kier alpha value is -1.10. The summed E-state index contributed by atoms with van der Waals surface area (Å²) in [5.41, 5.74) is 4.59. The number of hydrogen-bond acceptors (Lipinski definition) is 3. The van der Waals surface area contributed by atoms with E-state index in [1.807, 2.05) is 0 Å². The number of nitrogens with zero attached hydrogens (tertiary/aromatic N) is 1. The number of carboxylic acids is 1. The molecule has 0 heterocycles. The Labute approximate surface area is 89.2 Å². The largest absolute Gasteiger partial charge is 0.480 e. The molecule has 1 fully saturated rings. The minimum atomic E-state index is -1.12. The van der Waals surface area contributed by atoms with Gasteiger partial charge >= 0.3 is 5.97 Å². The minimum absolute atomic E-state index is 0.0592. The molecule has 0 saturated heterocycles. The summed E-state index contributed by atoms with van der Waals surface area (Å²) in [6.45, 7) is 0. The predicted molar refractivity (Wildman–Crippen MR) is 55.2 cm³/mol. The maximum absolute atomic E-state index is 11.6. The summed E-state index contributed by atoms with van der Waals surface area (Å²) in [6.07, 6.45) is 1.90. The van der Waals surface area contributed by atoms with E-state index in [9.17, 15) is 9.59 Å². The summed E-state index contributed by atoms with van der Waals surface area (Å²) in [5, 5.41) is 8.91. The van der Waals surface area contributed by atoms with Crippen molar-refractivity contribution >= 4 is 11.9 Å². The van der Waals surface area contributed by atoms with Gasteiger partial charge in [-0.1, -0.05) is 0 Å². The van der Waals surface area contributed by atoms with E-state index in [4.69, 9.17) is 10.8 Å². The third-order valence-corrected chi connectivity index (χ3v) is 3.09. The van der Waals surface area contributed by atoms with Gasteiger partial charge in [-0.05, 0) is 25.7 Å². The van der Waals surface area contributed by atoms with Crippen LogP contribution in [0.4, 0.5) is 0 Å². The van der Waals surface area contributed by atoms with Gasteiger partial charge in [-0.3, -0.25) is 9.59 Å². The number of hydrogen-bond donors (Lipinski definition) is 2. The smallest absolute Gasteiger partial charge is 0.323 e. The van der Waals surface area contributed by atoms with Gasteiger partial charge in [0.25, 0.3) is 0 Å². The average Bonchev–Trinajstić information content (AvgIpc) is 2.17. The summed E-state index contributed by atoms with van der Waals surface area (Å²) >= 11 is 0. The zero-order valence-electron chi connectivity index (χ0n) is 9.19. The van der Waals surface area contributed by atoms with Crippen LogP contribution in [0.1, 0.15) is 25.7 Å². The fraction of sp³-hybridized carbons (Fsp3) is 0.800. The van der Waals surface area contributed by atoms with Crippen molar-refractivity contribution in [1.82, 2.24) is 4.90 Å². The normalized spacial score (nSPS) is 31.0. The van der Waals surface area contributed by atoms with Crippen LogP contribution in [0, 0.1) is 5.92 Å². The lowest BCUT2D eigenvalue weighted by Crippen LogP contribution is -2.51. The van der Waals surface area contributed by atoms with Gasteiger partial charge in [-0.2, -0.15) is 0 Å². The summed E-state index contributed by atoms with van der Waals surface area (Å²) in [5.74, 6) is -0.947. The molecule has 5 heteroatoms. The Balaban J connectivity index is 2.56. The first-order valence-electron chi connectivity index (χ1n) is 5.10. The molecule has 0 aromatic rings. The van der Waals surface area contributed by atoms with Crippen molar-refractivity contribution in [3.05, 3.63) is 0 Å². The van der Waals surface area contributed by atoms with Crippen molar-refractivity contribution in [3.63, 3.8) is 0 Å². The third kappa shape index (κ3) is 2.47. The van der Waals surface area contributed by atoms with Crippen LogP contribution in [0.2, 0.25) is 0 Å². The standard InChI is InChI=1S/C10H18N2O3/c1-12(2)8(13)7-3-5-10(11,6-4-7)9(14)15/h7H,3-6,11H2,1-2H3,(H,14,15). The molecule has 0 aromatic heterocycles. The molecule has 0 atom stereocenters. The van der Waals surface area contributed by atoms with E-state index in [2.05, 4.69) is 0 Å². The first-order valence-corrected chi connectivity index (χ1v) is 5.10. The zero-order valence-corrected chi connectivity index (χ0v) is 9.19. The molecule has 0 spiro atoms. The lowest BCUT2D eigenvalue weighted by Gasteiger charge is -2.33. The summed E-state index contributed by atoms with van der Waals surface area (Å²) in [6, 6.07) is 0. The molecular formula is C10H18N2O3. The second kappa shape index (κ2) is 4.18. The molecule has 86 valence electrons. The van der Waals surface area contributed by atoms with Gasteiger partial charge in [0, 0.05) is 20.0 Å². The molecule has 3 N–H and O–H groups in total. The molecule has 1 aliphatic carbocycles. The van der Waals surface area contributed by atoms with Gasteiger partial charge in [0.1, 0.15) is 5.54 Å².